The van der Waals surface area contributed by atoms with Gasteiger partial charge in [-0.1, -0.05) is 6.07 Å². The molecule has 0 aliphatic heterocycles. The topological polar surface area (TPSA) is 80.9 Å². The first-order chi connectivity index (χ1) is 9.92. The molecule has 21 heavy (non-hydrogen) atoms. The fraction of sp³-hybridized carbons (Fsp3) is 0.214. The maximum Gasteiger partial charge on any atom is 0.280 e. The van der Waals surface area contributed by atoms with Crippen molar-refractivity contribution in [3.05, 3.63) is 47.4 Å². The summed E-state index contributed by atoms with van der Waals surface area (Å²) in [5.74, 6) is 1.45. The van der Waals surface area contributed by atoms with Gasteiger partial charge in [-0.15, -0.1) is 0 Å². The van der Waals surface area contributed by atoms with Crippen molar-refractivity contribution in [1.29, 1.82) is 0 Å². The van der Waals surface area contributed by atoms with Gasteiger partial charge >= 0.3 is 0 Å². The standard InChI is InChI=1S/C14H16N2O4S/c1-10-4-7-13(19-3)14(8-10)21(17,18)16-15-9-12-6-5-11(2)20-12/h4-9,16H,1-3H3/b15-9+. The molecule has 7 heteroatoms. The average molecular weight is 308 g/mol. The number of aryl methyl sites for hydroxylation is 2. The largest absolute Gasteiger partial charge is 0.495 e. The molecule has 2 rings (SSSR count). The van der Waals surface area contributed by atoms with Gasteiger partial charge in [0.25, 0.3) is 10.0 Å². The highest BCUT2D eigenvalue weighted by molar-refractivity contribution is 7.89. The molecule has 0 aliphatic carbocycles. The second-order valence-corrected chi connectivity index (χ2v) is 6.08. The molecule has 0 aliphatic rings. The van der Waals surface area contributed by atoms with Crippen molar-refractivity contribution in [2.75, 3.05) is 7.11 Å². The maximum absolute atomic E-state index is 12.2. The van der Waals surface area contributed by atoms with Crippen LogP contribution in [0.2, 0.25) is 0 Å². The van der Waals surface area contributed by atoms with E-state index in [1.165, 1.54) is 19.4 Å². The number of hydrogen-bond donors (Lipinski definition) is 1. The van der Waals surface area contributed by atoms with E-state index in [1.54, 1.807) is 38.1 Å². The zero-order valence-corrected chi connectivity index (χ0v) is 12.8. The Morgan fingerprint density at radius 2 is 2.00 bits per heavy atom. The molecule has 0 saturated carbocycles. The molecule has 0 unspecified atom stereocenters. The summed E-state index contributed by atoms with van der Waals surface area (Å²) in [6, 6.07) is 8.35. The molecule has 1 N–H and O–H groups in total. The molecule has 0 atom stereocenters. The van der Waals surface area contributed by atoms with Gasteiger partial charge < -0.3 is 9.15 Å². The van der Waals surface area contributed by atoms with Crippen LogP contribution >= 0.6 is 0 Å². The van der Waals surface area contributed by atoms with E-state index >= 15 is 0 Å². The molecule has 1 heterocycles. The van der Waals surface area contributed by atoms with Crippen molar-refractivity contribution in [1.82, 2.24) is 4.83 Å². The van der Waals surface area contributed by atoms with E-state index in [-0.39, 0.29) is 10.6 Å². The first kappa shape index (κ1) is 15.1. The molecular weight excluding hydrogens is 292 g/mol. The van der Waals surface area contributed by atoms with Crippen LogP contribution in [0.25, 0.3) is 0 Å². The Morgan fingerprint density at radius 1 is 1.24 bits per heavy atom. The summed E-state index contributed by atoms with van der Waals surface area (Å²) in [6.45, 7) is 3.59. The monoisotopic (exact) mass is 308 g/mol. The molecule has 112 valence electrons. The molecule has 0 bridgehead atoms. The van der Waals surface area contributed by atoms with Crippen LogP contribution in [0.3, 0.4) is 0 Å². The summed E-state index contributed by atoms with van der Waals surface area (Å²) in [6.07, 6.45) is 1.30. The van der Waals surface area contributed by atoms with E-state index in [2.05, 4.69) is 9.93 Å². The van der Waals surface area contributed by atoms with Crippen LogP contribution in [-0.4, -0.2) is 21.7 Å². The SMILES string of the molecule is COc1ccc(C)cc1S(=O)(=O)N/N=C/c1ccc(C)o1. The number of ether oxygens (including phenoxy) is 1. The Morgan fingerprint density at radius 3 is 2.62 bits per heavy atom. The lowest BCUT2D eigenvalue weighted by molar-refractivity contribution is 0.402. The predicted molar refractivity (Wildman–Crippen MR) is 79.1 cm³/mol. The van der Waals surface area contributed by atoms with E-state index in [9.17, 15) is 8.42 Å². The van der Waals surface area contributed by atoms with Crippen LogP contribution in [0.1, 0.15) is 17.1 Å². The lowest BCUT2D eigenvalue weighted by atomic mass is 10.2. The second-order valence-electron chi connectivity index (χ2n) is 4.46. The van der Waals surface area contributed by atoms with Gasteiger partial charge in [0.15, 0.2) is 0 Å². The molecule has 0 saturated heterocycles. The van der Waals surface area contributed by atoms with Gasteiger partial charge in [-0.05, 0) is 43.7 Å². The zero-order chi connectivity index (χ0) is 15.5. The lowest BCUT2D eigenvalue weighted by Gasteiger charge is -2.09. The van der Waals surface area contributed by atoms with Crippen LogP contribution < -0.4 is 9.57 Å². The second kappa shape index (κ2) is 6.01. The van der Waals surface area contributed by atoms with Gasteiger partial charge in [0, 0.05) is 0 Å². The number of hydrazone groups is 1. The number of benzene rings is 1. The van der Waals surface area contributed by atoms with Gasteiger partial charge in [-0.3, -0.25) is 0 Å². The van der Waals surface area contributed by atoms with E-state index in [0.29, 0.717) is 5.76 Å². The van der Waals surface area contributed by atoms with Crippen LogP contribution in [0.4, 0.5) is 0 Å². The number of hydrogen-bond acceptors (Lipinski definition) is 5. The van der Waals surface area contributed by atoms with Crippen LogP contribution in [-0.2, 0) is 10.0 Å². The molecule has 1 aromatic carbocycles. The molecule has 0 spiro atoms. The third-order valence-corrected chi connectivity index (χ3v) is 3.98. The highest BCUT2D eigenvalue weighted by atomic mass is 32.2. The maximum atomic E-state index is 12.2. The van der Waals surface area contributed by atoms with Crippen LogP contribution in [0.5, 0.6) is 5.75 Å². The van der Waals surface area contributed by atoms with Gasteiger partial charge in [-0.25, -0.2) is 0 Å². The number of sulfonamides is 1. The summed E-state index contributed by atoms with van der Waals surface area (Å²) in [5.41, 5.74) is 0.807. The molecule has 1 aromatic heterocycles. The Labute approximate surface area is 123 Å². The number of nitrogens with zero attached hydrogens (tertiary/aromatic N) is 1. The lowest BCUT2D eigenvalue weighted by Crippen LogP contribution is -2.19. The van der Waals surface area contributed by atoms with Crippen LogP contribution in [0.15, 0.2) is 44.7 Å². The minimum atomic E-state index is -3.80. The Hall–Kier alpha value is -2.28. The minimum absolute atomic E-state index is 0.0396. The van der Waals surface area contributed by atoms with Crippen molar-refractivity contribution in [2.45, 2.75) is 18.7 Å². The summed E-state index contributed by atoms with van der Waals surface area (Å²) < 4.78 is 34.8. The first-order valence-corrected chi connectivity index (χ1v) is 7.66. The molecule has 0 amide bonds. The number of rotatable bonds is 5. The molecule has 2 aromatic rings. The fourth-order valence-corrected chi connectivity index (χ4v) is 2.77. The zero-order valence-electron chi connectivity index (χ0n) is 12.0. The predicted octanol–water partition coefficient (Wildman–Crippen LogP) is 2.22. The van der Waals surface area contributed by atoms with Gasteiger partial charge in [0.2, 0.25) is 0 Å². The summed E-state index contributed by atoms with van der Waals surface area (Å²) in [5, 5.41) is 3.70. The van der Waals surface area contributed by atoms with Crippen LogP contribution in [0, 0.1) is 13.8 Å². The van der Waals surface area contributed by atoms with Crippen molar-refractivity contribution >= 4 is 16.2 Å². The Bertz CT molecular complexity index is 763. The minimum Gasteiger partial charge on any atom is -0.495 e. The Balaban J connectivity index is 2.22. The highest BCUT2D eigenvalue weighted by Gasteiger charge is 2.18. The summed E-state index contributed by atoms with van der Waals surface area (Å²) >= 11 is 0. The van der Waals surface area contributed by atoms with E-state index in [4.69, 9.17) is 9.15 Å². The van der Waals surface area contributed by atoms with E-state index in [0.717, 1.165) is 11.3 Å². The first-order valence-electron chi connectivity index (χ1n) is 6.18. The van der Waals surface area contributed by atoms with Crippen molar-refractivity contribution < 1.29 is 17.6 Å². The average Bonchev–Trinajstić information content (AvgIpc) is 2.84. The smallest absolute Gasteiger partial charge is 0.280 e. The molecule has 0 radical (unpaired) electrons. The number of nitrogens with one attached hydrogen (secondary N) is 1. The van der Waals surface area contributed by atoms with Crippen molar-refractivity contribution in [3.63, 3.8) is 0 Å². The van der Waals surface area contributed by atoms with Gasteiger partial charge in [-0.2, -0.15) is 18.4 Å². The van der Waals surface area contributed by atoms with Crippen molar-refractivity contribution in [2.24, 2.45) is 5.10 Å². The quantitative estimate of drug-likeness (QED) is 0.678. The molecule has 0 fully saturated rings. The number of furan rings is 1. The van der Waals surface area contributed by atoms with E-state index < -0.39 is 10.0 Å². The molecule has 6 nitrogen and oxygen atoms in total. The van der Waals surface area contributed by atoms with Gasteiger partial charge in [0.1, 0.15) is 22.2 Å². The molecular formula is C14H16N2O4S. The van der Waals surface area contributed by atoms with E-state index in [1.807, 2.05) is 0 Å². The fourth-order valence-electron chi connectivity index (χ4n) is 1.73. The summed E-state index contributed by atoms with van der Waals surface area (Å²) in [4.78, 5) is 2.18. The van der Waals surface area contributed by atoms with Crippen molar-refractivity contribution in [3.8, 4) is 5.75 Å². The normalized spacial score (nSPS) is 11.8. The number of methoxy groups -OCH3 is 1. The third-order valence-electron chi connectivity index (χ3n) is 2.73. The summed E-state index contributed by atoms with van der Waals surface area (Å²) in [7, 11) is -2.39. The highest BCUT2D eigenvalue weighted by Crippen LogP contribution is 2.24. The Kier molecular flexibility index (Phi) is 4.32. The third kappa shape index (κ3) is 3.63. The van der Waals surface area contributed by atoms with Gasteiger partial charge in [0.05, 0.1) is 13.3 Å².